The first-order valence-electron chi connectivity index (χ1n) is 24.8. The van der Waals surface area contributed by atoms with Crippen molar-refractivity contribution in [1.82, 2.24) is 10.2 Å². The molecule has 0 spiro atoms. The third-order valence-electron chi connectivity index (χ3n) is 14.5. The van der Waals surface area contributed by atoms with E-state index in [2.05, 4.69) is 5.32 Å². The van der Waals surface area contributed by atoms with Crippen LogP contribution in [-0.4, -0.2) is 152 Å². The number of allylic oxidation sites excluding steroid dienone is 2. The number of aliphatic hydroxyl groups excluding tert-OH is 2. The first-order valence-corrected chi connectivity index (χ1v) is 24.8. The van der Waals surface area contributed by atoms with Gasteiger partial charge in [-0.3, -0.25) is 14.4 Å². The lowest BCUT2D eigenvalue weighted by molar-refractivity contribution is -0.302. The lowest BCUT2D eigenvalue weighted by atomic mass is 9.81. The van der Waals surface area contributed by atoms with Crippen molar-refractivity contribution >= 4 is 29.5 Å². The number of cyclic esters (lactones) is 1. The number of ether oxygens (including phenoxy) is 6. The monoisotopic (exact) mass is 950 g/mol. The second-order valence-electron chi connectivity index (χ2n) is 19.8. The smallest absolute Gasteiger partial charge is 0.407 e. The Morgan fingerprint density at radius 1 is 0.896 bits per heavy atom. The number of alkyl carbamates (subject to hydrolysis) is 1. The number of nitrogens with zero attached hydrogens (tertiary/aromatic N) is 1. The highest BCUT2D eigenvalue weighted by atomic mass is 16.7. The molecular formula is C50H83N3O14. The van der Waals surface area contributed by atoms with Crippen molar-refractivity contribution in [3.8, 4) is 0 Å². The van der Waals surface area contributed by atoms with Crippen LogP contribution in [0.3, 0.4) is 0 Å². The average Bonchev–Trinajstić information content (AvgIpc) is 3.30. The van der Waals surface area contributed by atoms with Crippen LogP contribution in [0.5, 0.6) is 0 Å². The zero-order valence-corrected chi connectivity index (χ0v) is 41.5. The largest absolute Gasteiger partial charge is 0.456 e. The molecule has 4 aliphatic rings. The standard InChI is InChI=1S/C50H83N3O14/c1-30-23-31(2)25-42(63-7)45-43(64-8)27-33(4)50(61,67-45)46(57)47(58)53-21-14-11-15-37(53)48(59)66-44(32(3)26-35-16-17-38(54)41(28-35)62-6)34(5)39(55)29-40(56)36(24-30)18-22-65-49(60)52-20-13-10-9-12-19-51/h24,26,30-31,33-35,37-39,41-45,54-55,61H,9-23,25,27-29,51H2,1-8H3,(H,52,60)/t30?,31-,33+,34+,35-,37-,38+,39-,41+,42-,43-,44?,45+,50+/m0/s1. The van der Waals surface area contributed by atoms with E-state index in [0.29, 0.717) is 69.2 Å². The molecular weight excluding hydrogens is 867 g/mol. The predicted molar refractivity (Wildman–Crippen MR) is 249 cm³/mol. The summed E-state index contributed by atoms with van der Waals surface area (Å²) in [7, 11) is 4.57. The van der Waals surface area contributed by atoms with E-state index in [9.17, 15) is 39.3 Å². The van der Waals surface area contributed by atoms with Crippen LogP contribution in [0.15, 0.2) is 23.3 Å². The summed E-state index contributed by atoms with van der Waals surface area (Å²) in [6.07, 6.45) is 5.04. The Labute approximate surface area is 398 Å². The average molecular weight is 950 g/mol. The number of esters is 1. The lowest BCUT2D eigenvalue weighted by Crippen LogP contribution is -2.64. The van der Waals surface area contributed by atoms with Gasteiger partial charge in [-0.05, 0) is 113 Å². The zero-order chi connectivity index (χ0) is 49.4. The molecule has 0 aromatic rings. The molecule has 17 heteroatoms. The fraction of sp³-hybridized carbons (Fsp3) is 0.820. The van der Waals surface area contributed by atoms with Gasteiger partial charge >= 0.3 is 12.1 Å². The number of rotatable bonds is 14. The summed E-state index contributed by atoms with van der Waals surface area (Å²) in [4.78, 5) is 71.3. The number of nitrogens with two attached hydrogens (primary N) is 1. The van der Waals surface area contributed by atoms with Gasteiger partial charge in [0, 0.05) is 59.1 Å². The van der Waals surface area contributed by atoms with Gasteiger partial charge in [0.1, 0.15) is 18.2 Å². The first-order chi connectivity index (χ1) is 31.9. The first kappa shape index (κ1) is 56.3. The van der Waals surface area contributed by atoms with Gasteiger partial charge in [-0.15, -0.1) is 0 Å². The molecule has 2 bridgehead atoms. The molecule has 3 heterocycles. The number of hydrogen-bond acceptors (Lipinski definition) is 15. The van der Waals surface area contributed by atoms with E-state index < -0.39 is 90.1 Å². The molecule has 1 saturated carbocycles. The Kier molecular flexibility index (Phi) is 22.9. The second-order valence-corrected chi connectivity index (χ2v) is 19.8. The molecule has 67 heavy (non-hydrogen) atoms. The zero-order valence-electron chi connectivity index (χ0n) is 41.5. The highest BCUT2D eigenvalue weighted by molar-refractivity contribution is 6.39. The van der Waals surface area contributed by atoms with Crippen LogP contribution < -0.4 is 11.1 Å². The maximum absolute atomic E-state index is 14.5. The van der Waals surface area contributed by atoms with Gasteiger partial charge in [-0.25, -0.2) is 9.59 Å². The molecule has 0 aromatic carbocycles. The van der Waals surface area contributed by atoms with E-state index in [1.807, 2.05) is 26.0 Å². The third-order valence-corrected chi connectivity index (χ3v) is 14.5. The number of ketones is 2. The number of amides is 2. The molecule has 14 atom stereocenters. The summed E-state index contributed by atoms with van der Waals surface area (Å²) in [6.45, 7) is 10.1. The van der Waals surface area contributed by atoms with Crippen molar-refractivity contribution in [2.24, 2.45) is 35.3 Å². The SMILES string of the molecule is CO[C@H]1C[C@@H](C)CC(C)C=C(CCOC(=O)NCCCCCCN)C(=O)C[C@H](O)[C@@H](C)C(C(C)=C[C@@H]2CC[C@@H](O)[C@H](OC)C2)OC(=O)[C@@H]2CCCCN2C(=O)C(=O)[C@]2(O)O[C@H]1[C@@H](OC)C[C@H]2C. The molecule has 0 radical (unpaired) electrons. The van der Waals surface area contributed by atoms with Crippen molar-refractivity contribution < 1.29 is 67.7 Å². The molecule has 6 N–H and O–H groups in total. The number of nitrogens with one attached hydrogen (secondary N) is 1. The Bertz CT molecular complexity index is 1690. The molecule has 3 fully saturated rings. The number of carbonyl (C=O) groups is 5. The fourth-order valence-electron chi connectivity index (χ4n) is 10.4. The number of unbranched alkanes of at least 4 members (excludes halogenated alkanes) is 3. The van der Waals surface area contributed by atoms with E-state index in [4.69, 9.17) is 34.2 Å². The summed E-state index contributed by atoms with van der Waals surface area (Å²) in [5.74, 6) is -7.95. The Morgan fingerprint density at radius 2 is 1.58 bits per heavy atom. The Balaban J connectivity index is 1.72. The third kappa shape index (κ3) is 15.6. The fourth-order valence-corrected chi connectivity index (χ4v) is 10.4. The van der Waals surface area contributed by atoms with Gasteiger partial charge < -0.3 is 59.7 Å². The number of aliphatic hydroxyl groups is 3. The number of fused-ring (bicyclic) bond motifs is 3. The quantitative estimate of drug-likeness (QED) is 0.0686. The van der Waals surface area contributed by atoms with E-state index in [0.717, 1.165) is 30.6 Å². The number of piperidine rings is 1. The summed E-state index contributed by atoms with van der Waals surface area (Å²) < 4.78 is 35.5. The van der Waals surface area contributed by atoms with Crippen LogP contribution >= 0.6 is 0 Å². The molecule has 382 valence electrons. The van der Waals surface area contributed by atoms with Gasteiger partial charge in [-0.1, -0.05) is 52.7 Å². The van der Waals surface area contributed by atoms with Crippen molar-refractivity contribution in [2.45, 2.75) is 185 Å². The highest BCUT2D eigenvalue weighted by Crippen LogP contribution is 2.39. The van der Waals surface area contributed by atoms with Crippen LogP contribution in [0.25, 0.3) is 0 Å². The van der Waals surface area contributed by atoms with E-state index in [1.54, 1.807) is 27.9 Å². The van der Waals surface area contributed by atoms with Crippen LogP contribution in [0.4, 0.5) is 4.79 Å². The number of Topliss-reactive ketones (excluding diaryl/α,β-unsaturated/α-hetero) is 2. The van der Waals surface area contributed by atoms with E-state index >= 15 is 0 Å². The molecule has 2 amide bonds. The number of hydrogen-bond donors (Lipinski definition) is 5. The summed E-state index contributed by atoms with van der Waals surface area (Å²) in [5, 5.41) is 37.3. The molecule has 2 unspecified atom stereocenters. The summed E-state index contributed by atoms with van der Waals surface area (Å²) >= 11 is 0. The number of carbonyl (C=O) groups excluding carboxylic acids is 5. The molecule has 17 nitrogen and oxygen atoms in total. The Hall–Kier alpha value is -3.29. The maximum Gasteiger partial charge on any atom is 0.407 e. The highest BCUT2D eigenvalue weighted by Gasteiger charge is 2.56. The molecule has 1 aliphatic carbocycles. The minimum absolute atomic E-state index is 0.0515. The molecule has 2 saturated heterocycles. The minimum atomic E-state index is -2.55. The summed E-state index contributed by atoms with van der Waals surface area (Å²) in [6, 6.07) is -1.19. The topological polar surface area (TPSA) is 243 Å². The van der Waals surface area contributed by atoms with Gasteiger partial charge in [0.15, 0.2) is 5.78 Å². The van der Waals surface area contributed by atoms with Gasteiger partial charge in [0.05, 0.1) is 37.1 Å². The van der Waals surface area contributed by atoms with Crippen LogP contribution in [0, 0.1) is 29.6 Å². The van der Waals surface area contributed by atoms with Crippen molar-refractivity contribution in [2.75, 3.05) is 47.6 Å². The van der Waals surface area contributed by atoms with Crippen molar-refractivity contribution in [3.63, 3.8) is 0 Å². The second kappa shape index (κ2) is 27.2. The summed E-state index contributed by atoms with van der Waals surface area (Å²) in [5.41, 5.74) is 6.57. The Morgan fingerprint density at radius 3 is 2.27 bits per heavy atom. The number of methoxy groups -OCH3 is 3. The van der Waals surface area contributed by atoms with Gasteiger partial charge in [-0.2, -0.15) is 0 Å². The van der Waals surface area contributed by atoms with Crippen molar-refractivity contribution in [3.05, 3.63) is 23.3 Å². The van der Waals surface area contributed by atoms with Crippen LogP contribution in [0.2, 0.25) is 0 Å². The van der Waals surface area contributed by atoms with E-state index in [-0.39, 0.29) is 62.4 Å². The van der Waals surface area contributed by atoms with Gasteiger partial charge in [0.25, 0.3) is 11.7 Å². The van der Waals surface area contributed by atoms with Crippen LogP contribution in [0.1, 0.15) is 131 Å². The minimum Gasteiger partial charge on any atom is -0.456 e. The predicted octanol–water partition coefficient (Wildman–Crippen LogP) is 4.70. The van der Waals surface area contributed by atoms with Crippen molar-refractivity contribution in [1.29, 1.82) is 0 Å². The van der Waals surface area contributed by atoms with Crippen LogP contribution in [-0.2, 0) is 47.6 Å². The van der Waals surface area contributed by atoms with Gasteiger partial charge in [0.2, 0.25) is 5.79 Å². The normalized spacial score (nSPS) is 35.8. The maximum atomic E-state index is 14.5. The molecule has 0 aromatic heterocycles. The molecule has 4 rings (SSSR count). The van der Waals surface area contributed by atoms with E-state index in [1.165, 1.54) is 14.2 Å². The molecule has 3 aliphatic heterocycles. The lowest BCUT2D eigenvalue weighted by Gasteiger charge is -2.47.